The maximum Gasteiger partial charge on any atom is 0.186 e. The normalized spacial score (nSPS) is 18.4. The summed E-state index contributed by atoms with van der Waals surface area (Å²) in [6, 6.07) is 0. The van der Waals surface area contributed by atoms with Crippen LogP contribution in [0.4, 0.5) is 0 Å². The van der Waals surface area contributed by atoms with Crippen LogP contribution in [0.5, 0.6) is 0 Å². The fourth-order valence-electron chi connectivity index (χ4n) is 1.74. The van der Waals surface area contributed by atoms with Gasteiger partial charge in [-0.2, -0.15) is 0 Å². The van der Waals surface area contributed by atoms with Crippen molar-refractivity contribution in [2.75, 3.05) is 0 Å². The average molecular weight is 219 g/mol. The fourth-order valence-corrected chi connectivity index (χ4v) is 1.74. The largest absolute Gasteiger partial charge is 0.301 e. The molecule has 2 heteroatoms. The molecule has 0 aliphatic heterocycles. The van der Waals surface area contributed by atoms with E-state index in [9.17, 15) is 4.79 Å². The Labute approximate surface area is 97.9 Å². The monoisotopic (exact) mass is 219 g/mol. The van der Waals surface area contributed by atoms with Crippen LogP contribution in [0.1, 0.15) is 41.5 Å². The zero-order valence-electron chi connectivity index (χ0n) is 11.1. The first kappa shape index (κ1) is 12.9. The van der Waals surface area contributed by atoms with Gasteiger partial charge in [0.15, 0.2) is 5.78 Å². The quantitative estimate of drug-likeness (QED) is 0.622. The number of carbonyl (C=O) groups is 1. The molecule has 2 nitrogen and oxygen atoms in total. The lowest BCUT2D eigenvalue weighted by molar-refractivity contribution is -0.114. The minimum atomic E-state index is -0.200. The van der Waals surface area contributed by atoms with Gasteiger partial charge in [-0.05, 0) is 23.0 Å². The summed E-state index contributed by atoms with van der Waals surface area (Å²) in [6.45, 7) is 12.1. The van der Waals surface area contributed by atoms with Crippen LogP contribution in [-0.2, 0) is 4.79 Å². The molecule has 1 N–H and O–H groups in total. The van der Waals surface area contributed by atoms with Crippen LogP contribution in [0, 0.1) is 16.2 Å². The average Bonchev–Trinajstić information content (AvgIpc) is 2.04. The van der Waals surface area contributed by atoms with Crippen molar-refractivity contribution in [3.63, 3.8) is 0 Å². The summed E-state index contributed by atoms with van der Waals surface area (Å²) in [5, 5.41) is 7.79. The van der Waals surface area contributed by atoms with E-state index in [0.29, 0.717) is 5.71 Å². The molecule has 1 rings (SSSR count). The van der Waals surface area contributed by atoms with Crippen LogP contribution in [-0.4, -0.2) is 11.5 Å². The van der Waals surface area contributed by atoms with Gasteiger partial charge in [0.25, 0.3) is 0 Å². The number of rotatable bonds is 0. The molecular weight excluding hydrogens is 198 g/mol. The molecule has 88 valence electrons. The Kier molecular flexibility index (Phi) is 2.97. The number of carbonyl (C=O) groups excluding carboxylic acids is 1. The standard InChI is InChI=1S/C14H21NO/c1-13(2,3)10-7-9(15)8-11(12(10)16)14(4,5)6/h7-8,15H,1-6H3. The van der Waals surface area contributed by atoms with E-state index in [1.165, 1.54) is 0 Å². The fraction of sp³-hybridized carbons (Fsp3) is 0.571. The molecule has 0 aromatic carbocycles. The highest BCUT2D eigenvalue weighted by Gasteiger charge is 2.33. The van der Waals surface area contributed by atoms with Crippen molar-refractivity contribution in [2.24, 2.45) is 10.8 Å². The summed E-state index contributed by atoms with van der Waals surface area (Å²) in [7, 11) is 0. The van der Waals surface area contributed by atoms with Gasteiger partial charge in [0.05, 0.1) is 5.71 Å². The Hall–Kier alpha value is -1.18. The van der Waals surface area contributed by atoms with Gasteiger partial charge >= 0.3 is 0 Å². The van der Waals surface area contributed by atoms with E-state index in [2.05, 4.69) is 0 Å². The van der Waals surface area contributed by atoms with Gasteiger partial charge in [-0.3, -0.25) is 4.79 Å². The lowest BCUT2D eigenvalue weighted by atomic mass is 9.72. The smallest absolute Gasteiger partial charge is 0.186 e. The van der Waals surface area contributed by atoms with E-state index in [0.717, 1.165) is 11.1 Å². The van der Waals surface area contributed by atoms with Gasteiger partial charge in [0, 0.05) is 11.1 Å². The summed E-state index contributed by atoms with van der Waals surface area (Å²) in [4.78, 5) is 12.3. The number of hydrogen-bond donors (Lipinski definition) is 1. The topological polar surface area (TPSA) is 40.9 Å². The Morgan fingerprint density at radius 1 is 0.875 bits per heavy atom. The molecule has 0 atom stereocenters. The van der Waals surface area contributed by atoms with Crippen molar-refractivity contribution in [1.82, 2.24) is 0 Å². The Morgan fingerprint density at radius 3 is 1.44 bits per heavy atom. The highest BCUT2D eigenvalue weighted by Crippen LogP contribution is 2.36. The van der Waals surface area contributed by atoms with Gasteiger partial charge < -0.3 is 5.41 Å². The van der Waals surface area contributed by atoms with Crippen molar-refractivity contribution in [1.29, 1.82) is 5.41 Å². The van der Waals surface area contributed by atoms with E-state index < -0.39 is 0 Å². The van der Waals surface area contributed by atoms with Crippen LogP contribution >= 0.6 is 0 Å². The minimum absolute atomic E-state index is 0.0935. The summed E-state index contributed by atoms with van der Waals surface area (Å²) >= 11 is 0. The number of Topliss-reactive ketones (excluding diaryl/α,β-unsaturated/α-hetero) is 1. The molecule has 0 aromatic rings. The van der Waals surface area contributed by atoms with Crippen LogP contribution in [0.15, 0.2) is 23.3 Å². The molecule has 0 unspecified atom stereocenters. The van der Waals surface area contributed by atoms with Crippen molar-refractivity contribution in [3.8, 4) is 0 Å². The summed E-state index contributed by atoms with van der Waals surface area (Å²) in [5.74, 6) is 0.0935. The maximum atomic E-state index is 12.3. The first-order valence-electron chi connectivity index (χ1n) is 5.61. The van der Waals surface area contributed by atoms with Gasteiger partial charge in [0.2, 0.25) is 0 Å². The second-order valence-corrected chi connectivity index (χ2v) is 6.40. The van der Waals surface area contributed by atoms with Crippen molar-refractivity contribution >= 4 is 11.5 Å². The predicted octanol–water partition coefficient (Wildman–Crippen LogP) is 3.53. The molecule has 16 heavy (non-hydrogen) atoms. The zero-order valence-corrected chi connectivity index (χ0v) is 11.1. The Balaban J connectivity index is 3.24. The van der Waals surface area contributed by atoms with Gasteiger partial charge in [0.1, 0.15) is 0 Å². The minimum Gasteiger partial charge on any atom is -0.301 e. The van der Waals surface area contributed by atoms with Crippen LogP contribution < -0.4 is 0 Å². The van der Waals surface area contributed by atoms with Crippen molar-refractivity contribution in [2.45, 2.75) is 41.5 Å². The van der Waals surface area contributed by atoms with E-state index in [4.69, 9.17) is 5.41 Å². The molecule has 0 saturated carbocycles. The lowest BCUT2D eigenvalue weighted by Gasteiger charge is -2.30. The second kappa shape index (κ2) is 3.69. The molecule has 0 saturated heterocycles. The van der Waals surface area contributed by atoms with E-state index in [1.807, 2.05) is 41.5 Å². The highest BCUT2D eigenvalue weighted by molar-refractivity contribution is 6.22. The van der Waals surface area contributed by atoms with Crippen LogP contribution in [0.3, 0.4) is 0 Å². The molecular formula is C14H21NO. The van der Waals surface area contributed by atoms with E-state index >= 15 is 0 Å². The summed E-state index contributed by atoms with van der Waals surface area (Å²) in [6.07, 6.45) is 3.38. The third kappa shape index (κ3) is 2.49. The molecule has 0 bridgehead atoms. The van der Waals surface area contributed by atoms with Gasteiger partial charge in [-0.25, -0.2) is 0 Å². The molecule has 0 fully saturated rings. The third-order valence-corrected chi connectivity index (χ3v) is 2.70. The Bertz CT molecular complexity index is 361. The molecule has 0 radical (unpaired) electrons. The van der Waals surface area contributed by atoms with Crippen LogP contribution in [0.25, 0.3) is 0 Å². The first-order chi connectivity index (χ1) is 7.03. The molecule has 0 spiro atoms. The highest BCUT2D eigenvalue weighted by atomic mass is 16.1. The number of hydrogen-bond acceptors (Lipinski definition) is 2. The van der Waals surface area contributed by atoms with Crippen molar-refractivity contribution in [3.05, 3.63) is 23.3 Å². The Morgan fingerprint density at radius 2 is 1.19 bits per heavy atom. The van der Waals surface area contributed by atoms with Crippen LogP contribution in [0.2, 0.25) is 0 Å². The van der Waals surface area contributed by atoms with Crippen molar-refractivity contribution < 1.29 is 4.79 Å². The second-order valence-electron chi connectivity index (χ2n) is 6.40. The first-order valence-corrected chi connectivity index (χ1v) is 5.61. The number of nitrogens with one attached hydrogen (secondary N) is 1. The zero-order chi connectivity index (χ0) is 12.7. The summed E-state index contributed by atoms with van der Waals surface area (Å²) in [5.41, 5.74) is 1.51. The van der Waals surface area contributed by atoms with E-state index in [1.54, 1.807) is 12.2 Å². The lowest BCUT2D eigenvalue weighted by Crippen LogP contribution is -2.29. The van der Waals surface area contributed by atoms with E-state index in [-0.39, 0.29) is 16.6 Å². The molecule has 1 aliphatic carbocycles. The van der Waals surface area contributed by atoms with Gasteiger partial charge in [-0.1, -0.05) is 41.5 Å². The maximum absolute atomic E-state index is 12.3. The molecule has 0 aromatic heterocycles. The third-order valence-electron chi connectivity index (χ3n) is 2.70. The summed E-state index contributed by atoms with van der Waals surface area (Å²) < 4.78 is 0. The van der Waals surface area contributed by atoms with Gasteiger partial charge in [-0.15, -0.1) is 0 Å². The molecule has 1 aliphatic rings. The molecule has 0 heterocycles. The molecule has 0 amide bonds. The number of allylic oxidation sites excluding steroid dienone is 4. The predicted molar refractivity (Wildman–Crippen MR) is 67.8 cm³/mol. The SMILES string of the molecule is CC(C)(C)C1=CC(=N)C=C(C(C)(C)C)C1=O. The number of ketones is 1.